The summed E-state index contributed by atoms with van der Waals surface area (Å²) in [4.78, 5) is 11.8. The fourth-order valence-corrected chi connectivity index (χ4v) is 1.89. The first-order chi connectivity index (χ1) is 7.91. The van der Waals surface area contributed by atoms with Gasteiger partial charge in [0.1, 0.15) is 0 Å². The lowest BCUT2D eigenvalue weighted by atomic mass is 10.0. The predicted molar refractivity (Wildman–Crippen MR) is 73.5 cm³/mol. The van der Waals surface area contributed by atoms with E-state index in [0.717, 1.165) is 10.0 Å². The lowest BCUT2D eigenvalue weighted by molar-refractivity contribution is -0.123. The topological polar surface area (TPSA) is 55.1 Å². The molecule has 2 atom stereocenters. The third kappa shape index (κ3) is 4.13. The molecule has 1 aromatic rings. The first-order valence-corrected chi connectivity index (χ1v) is 6.52. The first-order valence-electron chi connectivity index (χ1n) is 5.73. The molecule has 0 saturated carbocycles. The van der Waals surface area contributed by atoms with E-state index in [2.05, 4.69) is 21.2 Å². The standard InChI is InChI=1S/C13H19BrN2O/c1-8(2)12(15)13(17)16-9(3)10-5-4-6-11(14)7-10/h4-9,12H,15H2,1-3H3,(H,16,17)/t9-,12+/m1/s1. The average Bonchev–Trinajstić information content (AvgIpc) is 2.27. The summed E-state index contributed by atoms with van der Waals surface area (Å²) in [5, 5.41) is 2.92. The number of hydrogen-bond acceptors (Lipinski definition) is 2. The molecule has 3 N–H and O–H groups in total. The number of rotatable bonds is 4. The second-order valence-corrected chi connectivity index (χ2v) is 5.47. The summed E-state index contributed by atoms with van der Waals surface area (Å²) < 4.78 is 1.00. The van der Waals surface area contributed by atoms with E-state index in [1.165, 1.54) is 0 Å². The van der Waals surface area contributed by atoms with Gasteiger partial charge in [-0.2, -0.15) is 0 Å². The normalized spacial score (nSPS) is 14.5. The van der Waals surface area contributed by atoms with E-state index in [1.807, 2.05) is 45.0 Å². The molecule has 94 valence electrons. The zero-order valence-corrected chi connectivity index (χ0v) is 12.0. The van der Waals surface area contributed by atoms with Crippen LogP contribution < -0.4 is 11.1 Å². The van der Waals surface area contributed by atoms with Crippen LogP contribution >= 0.6 is 15.9 Å². The van der Waals surface area contributed by atoms with E-state index in [-0.39, 0.29) is 17.9 Å². The lowest BCUT2D eigenvalue weighted by Crippen LogP contribution is -2.44. The van der Waals surface area contributed by atoms with Gasteiger partial charge in [-0.25, -0.2) is 0 Å². The summed E-state index contributed by atoms with van der Waals surface area (Å²) in [5.74, 6) is 0.0391. The van der Waals surface area contributed by atoms with Gasteiger partial charge in [-0.1, -0.05) is 41.9 Å². The fourth-order valence-electron chi connectivity index (χ4n) is 1.47. The maximum Gasteiger partial charge on any atom is 0.237 e. The summed E-state index contributed by atoms with van der Waals surface area (Å²) in [5.41, 5.74) is 6.85. The number of halogens is 1. The quantitative estimate of drug-likeness (QED) is 0.898. The van der Waals surface area contributed by atoms with Gasteiger partial charge in [0.15, 0.2) is 0 Å². The molecule has 0 heterocycles. The van der Waals surface area contributed by atoms with E-state index in [1.54, 1.807) is 0 Å². The highest BCUT2D eigenvalue weighted by Gasteiger charge is 2.19. The van der Waals surface area contributed by atoms with Gasteiger partial charge in [0.25, 0.3) is 0 Å². The smallest absolute Gasteiger partial charge is 0.237 e. The molecule has 0 bridgehead atoms. The van der Waals surface area contributed by atoms with Crippen LogP contribution in [-0.2, 0) is 4.79 Å². The minimum atomic E-state index is -0.454. The number of hydrogen-bond donors (Lipinski definition) is 2. The molecule has 0 aliphatic rings. The molecule has 0 spiro atoms. The molecule has 17 heavy (non-hydrogen) atoms. The lowest BCUT2D eigenvalue weighted by Gasteiger charge is -2.20. The number of carbonyl (C=O) groups excluding carboxylic acids is 1. The number of carbonyl (C=O) groups is 1. The minimum absolute atomic E-state index is 0.0372. The molecular formula is C13H19BrN2O. The molecule has 0 fully saturated rings. The Kier molecular flexibility index (Phi) is 5.15. The van der Waals surface area contributed by atoms with Crippen LogP contribution in [-0.4, -0.2) is 11.9 Å². The molecule has 0 aromatic heterocycles. The maximum absolute atomic E-state index is 11.8. The molecule has 1 aromatic carbocycles. The second kappa shape index (κ2) is 6.17. The van der Waals surface area contributed by atoms with Gasteiger partial charge in [0.05, 0.1) is 12.1 Å². The minimum Gasteiger partial charge on any atom is -0.348 e. The van der Waals surface area contributed by atoms with Gasteiger partial charge in [-0.05, 0) is 30.5 Å². The van der Waals surface area contributed by atoms with Gasteiger partial charge in [0.2, 0.25) is 5.91 Å². The zero-order valence-electron chi connectivity index (χ0n) is 10.4. The van der Waals surface area contributed by atoms with Gasteiger partial charge in [0, 0.05) is 4.47 Å². The Morgan fingerprint density at radius 2 is 2.00 bits per heavy atom. The number of amides is 1. The molecule has 0 unspecified atom stereocenters. The van der Waals surface area contributed by atoms with Gasteiger partial charge in [-0.3, -0.25) is 4.79 Å². The SMILES string of the molecule is CC(C)[C@H](N)C(=O)N[C@H](C)c1cccc(Br)c1. The van der Waals surface area contributed by atoms with E-state index in [4.69, 9.17) is 5.73 Å². The van der Waals surface area contributed by atoms with Crippen LogP contribution in [0.15, 0.2) is 28.7 Å². The summed E-state index contributed by atoms with van der Waals surface area (Å²) in [6.45, 7) is 5.83. The van der Waals surface area contributed by atoms with Crippen molar-refractivity contribution in [3.63, 3.8) is 0 Å². The van der Waals surface area contributed by atoms with Crippen LogP contribution in [0.1, 0.15) is 32.4 Å². The van der Waals surface area contributed by atoms with Crippen LogP contribution in [0.25, 0.3) is 0 Å². The second-order valence-electron chi connectivity index (χ2n) is 4.56. The Labute approximate surface area is 111 Å². The summed E-state index contributed by atoms with van der Waals surface area (Å²) in [6.07, 6.45) is 0. The van der Waals surface area contributed by atoms with Crippen molar-refractivity contribution in [1.29, 1.82) is 0 Å². The van der Waals surface area contributed by atoms with Crippen molar-refractivity contribution in [1.82, 2.24) is 5.32 Å². The summed E-state index contributed by atoms with van der Waals surface area (Å²) in [6, 6.07) is 7.39. The third-order valence-electron chi connectivity index (χ3n) is 2.73. The Balaban J connectivity index is 2.66. The third-order valence-corrected chi connectivity index (χ3v) is 3.22. The maximum atomic E-state index is 11.8. The monoisotopic (exact) mass is 298 g/mol. The zero-order chi connectivity index (χ0) is 13.0. The summed E-state index contributed by atoms with van der Waals surface area (Å²) in [7, 11) is 0. The van der Waals surface area contributed by atoms with Crippen LogP contribution in [0.4, 0.5) is 0 Å². The molecule has 3 nitrogen and oxygen atoms in total. The number of nitrogens with one attached hydrogen (secondary N) is 1. The van der Waals surface area contributed by atoms with Crippen LogP contribution in [0, 0.1) is 5.92 Å². The molecule has 0 saturated heterocycles. The van der Waals surface area contributed by atoms with E-state index < -0.39 is 6.04 Å². The van der Waals surface area contributed by atoms with E-state index >= 15 is 0 Å². The molecule has 4 heteroatoms. The fraction of sp³-hybridized carbons (Fsp3) is 0.462. The van der Waals surface area contributed by atoms with Crippen molar-refractivity contribution in [3.8, 4) is 0 Å². The molecular weight excluding hydrogens is 280 g/mol. The van der Waals surface area contributed by atoms with Crippen LogP contribution in [0.5, 0.6) is 0 Å². The summed E-state index contributed by atoms with van der Waals surface area (Å²) >= 11 is 3.41. The largest absolute Gasteiger partial charge is 0.348 e. The van der Waals surface area contributed by atoms with Crippen molar-refractivity contribution < 1.29 is 4.79 Å². The molecule has 0 radical (unpaired) electrons. The van der Waals surface area contributed by atoms with Crippen molar-refractivity contribution in [3.05, 3.63) is 34.3 Å². The van der Waals surface area contributed by atoms with Gasteiger partial charge in [-0.15, -0.1) is 0 Å². The van der Waals surface area contributed by atoms with Crippen molar-refractivity contribution in [2.45, 2.75) is 32.9 Å². The highest BCUT2D eigenvalue weighted by Crippen LogP contribution is 2.18. The van der Waals surface area contributed by atoms with Crippen LogP contribution in [0.2, 0.25) is 0 Å². The Bertz CT molecular complexity index is 393. The Hall–Kier alpha value is -0.870. The Morgan fingerprint density at radius 1 is 1.35 bits per heavy atom. The van der Waals surface area contributed by atoms with Crippen molar-refractivity contribution in [2.75, 3.05) is 0 Å². The number of benzene rings is 1. The van der Waals surface area contributed by atoms with Gasteiger partial charge >= 0.3 is 0 Å². The van der Waals surface area contributed by atoms with E-state index in [9.17, 15) is 4.79 Å². The molecule has 0 aliphatic carbocycles. The predicted octanol–water partition coefficient (Wildman–Crippen LogP) is 2.61. The highest BCUT2D eigenvalue weighted by molar-refractivity contribution is 9.10. The average molecular weight is 299 g/mol. The Morgan fingerprint density at radius 3 is 2.53 bits per heavy atom. The molecule has 1 amide bonds. The highest BCUT2D eigenvalue weighted by atomic mass is 79.9. The van der Waals surface area contributed by atoms with Crippen LogP contribution in [0.3, 0.4) is 0 Å². The molecule has 0 aliphatic heterocycles. The van der Waals surface area contributed by atoms with Crippen molar-refractivity contribution >= 4 is 21.8 Å². The van der Waals surface area contributed by atoms with Crippen molar-refractivity contribution in [2.24, 2.45) is 11.7 Å². The molecule has 1 rings (SSSR count). The van der Waals surface area contributed by atoms with Gasteiger partial charge < -0.3 is 11.1 Å². The first kappa shape index (κ1) is 14.2. The number of nitrogens with two attached hydrogens (primary N) is 1. The van der Waals surface area contributed by atoms with E-state index in [0.29, 0.717) is 0 Å².